The van der Waals surface area contributed by atoms with Crippen molar-refractivity contribution in [2.24, 2.45) is 5.92 Å². The van der Waals surface area contributed by atoms with Crippen molar-refractivity contribution in [2.75, 3.05) is 18.1 Å². The molecule has 0 aromatic heterocycles. The number of hydrogen-bond donors (Lipinski definition) is 0. The summed E-state index contributed by atoms with van der Waals surface area (Å²) < 4.78 is 40.4. The van der Waals surface area contributed by atoms with Crippen LogP contribution in [0, 0.1) is 5.92 Å². The first-order valence-corrected chi connectivity index (χ1v) is 7.27. The lowest BCUT2D eigenvalue weighted by Gasteiger charge is -2.07. The van der Waals surface area contributed by atoms with Gasteiger partial charge >= 0.3 is 12.1 Å². The van der Waals surface area contributed by atoms with E-state index >= 15 is 0 Å². The van der Waals surface area contributed by atoms with Gasteiger partial charge in [-0.1, -0.05) is 20.3 Å². The quantitative estimate of drug-likeness (QED) is 0.472. The van der Waals surface area contributed by atoms with Crippen molar-refractivity contribution < 1.29 is 22.7 Å². The van der Waals surface area contributed by atoms with E-state index in [1.165, 1.54) is 11.8 Å². The molecular weight excluding hydrogens is 265 g/mol. The average Bonchev–Trinajstić information content (AvgIpc) is 2.23. The molecule has 0 bridgehead atoms. The third kappa shape index (κ3) is 13.7. The topological polar surface area (TPSA) is 26.3 Å². The normalized spacial score (nSPS) is 11.9. The van der Waals surface area contributed by atoms with Crippen LogP contribution in [0.3, 0.4) is 0 Å². The first kappa shape index (κ1) is 17.6. The van der Waals surface area contributed by atoms with Gasteiger partial charge in [0.1, 0.15) is 0 Å². The largest absolute Gasteiger partial charge is 0.465 e. The maximum Gasteiger partial charge on any atom is 0.389 e. The predicted molar refractivity (Wildman–Crippen MR) is 67.6 cm³/mol. The van der Waals surface area contributed by atoms with Gasteiger partial charge in [0, 0.05) is 6.42 Å². The summed E-state index contributed by atoms with van der Waals surface area (Å²) in [4.78, 5) is 11.2. The lowest BCUT2D eigenvalue weighted by molar-refractivity contribution is -0.141. The second-order valence-corrected chi connectivity index (χ2v) is 5.66. The molecule has 0 amide bonds. The van der Waals surface area contributed by atoms with Gasteiger partial charge < -0.3 is 4.74 Å². The highest BCUT2D eigenvalue weighted by Gasteiger charge is 2.25. The van der Waals surface area contributed by atoms with E-state index in [1.807, 2.05) is 13.8 Å². The zero-order valence-corrected chi connectivity index (χ0v) is 11.7. The van der Waals surface area contributed by atoms with Gasteiger partial charge in [0.2, 0.25) is 0 Å². The minimum absolute atomic E-state index is 0.169. The summed E-state index contributed by atoms with van der Waals surface area (Å²) in [5, 5.41) is 0. The molecule has 2 nitrogen and oxygen atoms in total. The Morgan fingerprint density at radius 2 is 1.89 bits per heavy atom. The van der Waals surface area contributed by atoms with Gasteiger partial charge in [0.15, 0.2) is 0 Å². The van der Waals surface area contributed by atoms with Crippen LogP contribution in [0.5, 0.6) is 0 Å². The van der Waals surface area contributed by atoms with Crippen molar-refractivity contribution >= 4 is 17.7 Å². The standard InChI is InChI=1S/C12H21F3O2S/c1-10(2)8-17-11(16)9-18-7-5-3-4-6-12(13,14)15/h10H,3-9H2,1-2H3. The van der Waals surface area contributed by atoms with Crippen LogP contribution in [0.15, 0.2) is 0 Å². The van der Waals surface area contributed by atoms with Gasteiger partial charge in [-0.15, -0.1) is 0 Å². The van der Waals surface area contributed by atoms with Crippen LogP contribution < -0.4 is 0 Å². The van der Waals surface area contributed by atoms with Crippen LogP contribution >= 0.6 is 11.8 Å². The Hall–Kier alpha value is -0.390. The SMILES string of the molecule is CC(C)COC(=O)CSCCCCCC(F)(F)F. The van der Waals surface area contributed by atoms with Crippen LogP contribution in [0.4, 0.5) is 13.2 Å². The molecule has 0 N–H and O–H groups in total. The maximum atomic E-state index is 11.8. The summed E-state index contributed by atoms with van der Waals surface area (Å²) in [6, 6.07) is 0. The molecule has 0 rings (SSSR count). The third-order valence-electron chi connectivity index (χ3n) is 2.05. The highest BCUT2D eigenvalue weighted by Crippen LogP contribution is 2.22. The van der Waals surface area contributed by atoms with E-state index in [-0.39, 0.29) is 18.1 Å². The summed E-state index contributed by atoms with van der Waals surface area (Å²) in [5.41, 5.74) is 0. The minimum Gasteiger partial charge on any atom is -0.465 e. The molecule has 0 aliphatic carbocycles. The van der Waals surface area contributed by atoms with Crippen LogP contribution in [0.25, 0.3) is 0 Å². The van der Waals surface area contributed by atoms with Crippen LogP contribution in [-0.4, -0.2) is 30.3 Å². The van der Waals surface area contributed by atoms with Crippen molar-refractivity contribution in [1.29, 1.82) is 0 Å². The minimum atomic E-state index is -4.05. The van der Waals surface area contributed by atoms with Gasteiger partial charge in [-0.3, -0.25) is 4.79 Å². The fraction of sp³-hybridized carbons (Fsp3) is 0.917. The Morgan fingerprint density at radius 1 is 1.22 bits per heavy atom. The van der Waals surface area contributed by atoms with E-state index in [4.69, 9.17) is 4.74 Å². The van der Waals surface area contributed by atoms with Gasteiger partial charge in [-0.05, 0) is 24.5 Å². The highest BCUT2D eigenvalue weighted by atomic mass is 32.2. The number of rotatable bonds is 9. The molecule has 6 heteroatoms. The molecule has 0 radical (unpaired) electrons. The van der Waals surface area contributed by atoms with Crippen molar-refractivity contribution in [3.05, 3.63) is 0 Å². The Balaban J connectivity index is 3.28. The van der Waals surface area contributed by atoms with E-state index in [0.717, 1.165) is 0 Å². The molecule has 0 aromatic carbocycles. The first-order chi connectivity index (χ1) is 8.31. The number of hydrogen-bond acceptors (Lipinski definition) is 3. The average molecular weight is 286 g/mol. The van der Waals surface area contributed by atoms with E-state index < -0.39 is 12.6 Å². The predicted octanol–water partition coefficient (Wildman–Crippen LogP) is 4.04. The monoisotopic (exact) mass is 286 g/mol. The Kier molecular flexibility index (Phi) is 9.32. The number of halogens is 3. The molecule has 0 aliphatic rings. The summed E-state index contributed by atoms with van der Waals surface area (Å²) in [6.45, 7) is 4.34. The fourth-order valence-corrected chi connectivity index (χ4v) is 1.97. The lowest BCUT2D eigenvalue weighted by atomic mass is 10.2. The smallest absolute Gasteiger partial charge is 0.389 e. The van der Waals surface area contributed by atoms with Gasteiger partial charge in [-0.25, -0.2) is 0 Å². The van der Waals surface area contributed by atoms with E-state index in [1.54, 1.807) is 0 Å². The number of ether oxygens (including phenoxy) is 1. The molecule has 0 saturated heterocycles. The molecule has 0 unspecified atom stereocenters. The van der Waals surface area contributed by atoms with Crippen molar-refractivity contribution in [2.45, 2.75) is 45.7 Å². The molecule has 18 heavy (non-hydrogen) atoms. The number of thioether (sulfide) groups is 1. The maximum absolute atomic E-state index is 11.8. The molecule has 0 heterocycles. The third-order valence-corrected chi connectivity index (χ3v) is 3.06. The molecule has 0 fully saturated rings. The molecule has 0 atom stereocenters. The Bertz CT molecular complexity index is 230. The second-order valence-electron chi connectivity index (χ2n) is 4.56. The lowest BCUT2D eigenvalue weighted by Crippen LogP contribution is -2.12. The van der Waals surface area contributed by atoms with Gasteiger partial charge in [0.25, 0.3) is 0 Å². The van der Waals surface area contributed by atoms with Gasteiger partial charge in [0.05, 0.1) is 12.4 Å². The van der Waals surface area contributed by atoms with Crippen molar-refractivity contribution in [1.82, 2.24) is 0 Å². The molecule has 0 saturated carbocycles. The van der Waals surface area contributed by atoms with Crippen LogP contribution in [-0.2, 0) is 9.53 Å². The van der Waals surface area contributed by atoms with E-state index in [9.17, 15) is 18.0 Å². The molecule has 0 aromatic rings. The molecule has 108 valence electrons. The number of alkyl halides is 3. The Morgan fingerprint density at radius 3 is 2.44 bits per heavy atom. The second kappa shape index (κ2) is 9.53. The van der Waals surface area contributed by atoms with Crippen LogP contribution in [0.2, 0.25) is 0 Å². The fourth-order valence-electron chi connectivity index (χ4n) is 1.16. The molecular formula is C12H21F3O2S. The summed E-state index contributed by atoms with van der Waals surface area (Å²) >= 11 is 1.42. The van der Waals surface area contributed by atoms with Gasteiger partial charge in [-0.2, -0.15) is 24.9 Å². The van der Waals surface area contributed by atoms with Crippen molar-refractivity contribution in [3.8, 4) is 0 Å². The number of esters is 1. The van der Waals surface area contributed by atoms with Crippen molar-refractivity contribution in [3.63, 3.8) is 0 Å². The number of unbranched alkanes of at least 4 members (excludes halogenated alkanes) is 2. The summed E-state index contributed by atoms with van der Waals surface area (Å²) in [5.74, 6) is 1.06. The zero-order valence-electron chi connectivity index (χ0n) is 10.9. The number of carbonyl (C=O) groups excluding carboxylic acids is 1. The van der Waals surface area contributed by atoms with Crippen LogP contribution in [0.1, 0.15) is 39.5 Å². The summed E-state index contributed by atoms with van der Waals surface area (Å²) in [7, 11) is 0. The molecule has 0 aliphatic heterocycles. The number of carbonyl (C=O) groups is 1. The first-order valence-electron chi connectivity index (χ1n) is 6.11. The van der Waals surface area contributed by atoms with E-state index in [0.29, 0.717) is 31.1 Å². The zero-order chi connectivity index (χ0) is 14.0. The summed E-state index contributed by atoms with van der Waals surface area (Å²) in [6.07, 6.45) is -3.34. The Labute approximate surface area is 111 Å². The van der Waals surface area contributed by atoms with E-state index in [2.05, 4.69) is 0 Å². The highest BCUT2D eigenvalue weighted by molar-refractivity contribution is 7.99. The molecule has 0 spiro atoms.